The van der Waals surface area contributed by atoms with E-state index < -0.39 is 0 Å². The number of aliphatic hydroxyl groups excluding tert-OH is 3. The molecule has 0 aromatic heterocycles. The average Bonchev–Trinajstić information content (AvgIpc) is 2.71. The summed E-state index contributed by atoms with van der Waals surface area (Å²) < 4.78 is 0. The summed E-state index contributed by atoms with van der Waals surface area (Å²) in [5, 5.41) is 29.2. The van der Waals surface area contributed by atoms with Gasteiger partial charge in [-0.05, 0) is 85.9 Å². The van der Waals surface area contributed by atoms with Gasteiger partial charge in [0.2, 0.25) is 0 Å². The van der Waals surface area contributed by atoms with Gasteiger partial charge in [0, 0.05) is 18.1 Å². The van der Waals surface area contributed by atoms with Crippen LogP contribution in [0, 0.1) is 40.9 Å². The first-order valence-electron chi connectivity index (χ1n) is 13.9. The quantitative estimate of drug-likeness (QED) is 0.353. The molecule has 0 saturated heterocycles. The second-order valence-corrected chi connectivity index (χ2v) is 13.3. The molecule has 3 aliphatic rings. The number of aliphatic hydroxyl groups is 3. The molecule has 0 spiro atoms. The molecule has 6 nitrogen and oxygen atoms in total. The van der Waals surface area contributed by atoms with E-state index in [1.165, 1.54) is 0 Å². The molecule has 0 aromatic rings. The number of hydrogen-bond acceptors (Lipinski definition) is 6. The predicted octanol–water partition coefficient (Wildman–Crippen LogP) is 3.64. The lowest BCUT2D eigenvalue weighted by Crippen LogP contribution is -2.46. The van der Waals surface area contributed by atoms with Gasteiger partial charge in [-0.2, -0.15) is 0 Å². The summed E-state index contributed by atoms with van der Waals surface area (Å²) in [4.78, 5) is 0. The Balaban J connectivity index is 0.000000262. The van der Waals surface area contributed by atoms with Crippen LogP contribution < -0.4 is 17.2 Å². The van der Waals surface area contributed by atoms with Crippen LogP contribution in [-0.2, 0) is 0 Å². The molecule has 8 atom stereocenters. The molecule has 3 fully saturated rings. The molecule has 0 aromatic carbocycles. The van der Waals surface area contributed by atoms with E-state index >= 15 is 0 Å². The first-order valence-corrected chi connectivity index (χ1v) is 13.9. The van der Waals surface area contributed by atoms with Gasteiger partial charge in [0.1, 0.15) is 0 Å². The largest absolute Gasteiger partial charge is 0.393 e. The molecule has 0 radical (unpaired) electrons. The number of nitrogens with two attached hydrogens (primary N) is 3. The monoisotopic (exact) mass is 485 g/mol. The normalized spacial score (nSPS) is 42.4. The van der Waals surface area contributed by atoms with Crippen molar-refractivity contribution in [2.75, 3.05) is 0 Å². The van der Waals surface area contributed by atoms with Crippen molar-refractivity contribution >= 4 is 0 Å². The molecule has 3 rings (SSSR count). The van der Waals surface area contributed by atoms with Crippen LogP contribution in [0.25, 0.3) is 0 Å². The van der Waals surface area contributed by atoms with Crippen molar-refractivity contribution in [3.05, 3.63) is 0 Å². The molecule has 34 heavy (non-hydrogen) atoms. The van der Waals surface area contributed by atoms with Crippen molar-refractivity contribution in [1.82, 2.24) is 0 Å². The van der Waals surface area contributed by atoms with E-state index in [4.69, 9.17) is 17.2 Å². The smallest absolute Gasteiger partial charge is 0.0617 e. The van der Waals surface area contributed by atoms with Gasteiger partial charge in [-0.25, -0.2) is 0 Å². The fourth-order valence-electron chi connectivity index (χ4n) is 6.40. The van der Waals surface area contributed by atoms with Gasteiger partial charge in [-0.3, -0.25) is 0 Å². The van der Waals surface area contributed by atoms with E-state index in [-0.39, 0.29) is 35.8 Å². The molecule has 0 aliphatic heterocycles. The summed E-state index contributed by atoms with van der Waals surface area (Å²) >= 11 is 0. The molecule has 9 N–H and O–H groups in total. The number of rotatable bonds is 2. The molecular weight excluding hydrogens is 426 g/mol. The highest BCUT2D eigenvalue weighted by Gasteiger charge is 2.39. The van der Waals surface area contributed by atoms with E-state index in [9.17, 15) is 15.3 Å². The summed E-state index contributed by atoms with van der Waals surface area (Å²) in [5.41, 5.74) is 17.6. The van der Waals surface area contributed by atoms with Gasteiger partial charge in [-0.1, -0.05) is 55.4 Å². The number of hydrogen-bond donors (Lipinski definition) is 6. The van der Waals surface area contributed by atoms with Gasteiger partial charge < -0.3 is 32.5 Å². The Kier molecular flexibility index (Phi) is 13.0. The lowest BCUT2D eigenvalue weighted by atomic mass is 9.68. The molecule has 0 bridgehead atoms. The summed E-state index contributed by atoms with van der Waals surface area (Å²) in [6, 6.07) is 0.907. The maximum Gasteiger partial charge on any atom is 0.0617 e. The first-order chi connectivity index (χ1) is 15.6. The molecule has 3 aliphatic carbocycles. The van der Waals surface area contributed by atoms with Crippen molar-refractivity contribution in [3.8, 4) is 0 Å². The maximum absolute atomic E-state index is 10.2. The minimum absolute atomic E-state index is 0.0110. The van der Waals surface area contributed by atoms with Crippen molar-refractivity contribution in [2.24, 2.45) is 58.1 Å². The summed E-state index contributed by atoms with van der Waals surface area (Å²) in [6.07, 6.45) is 6.34. The van der Waals surface area contributed by atoms with Gasteiger partial charge in [0.15, 0.2) is 0 Å². The Morgan fingerprint density at radius 1 is 0.676 bits per heavy atom. The van der Waals surface area contributed by atoms with Crippen LogP contribution in [0.2, 0.25) is 0 Å². The van der Waals surface area contributed by atoms with Crippen LogP contribution >= 0.6 is 0 Å². The predicted molar refractivity (Wildman–Crippen MR) is 143 cm³/mol. The van der Waals surface area contributed by atoms with Gasteiger partial charge in [-0.15, -0.1) is 0 Å². The van der Waals surface area contributed by atoms with Crippen LogP contribution in [0.3, 0.4) is 0 Å². The SMILES string of the molecule is CC(C)C1CC(N)CC(C(C)C)C1O.CC1CC(N)CC(C)(C)C1O.CC1CC(N)CCC1O. The first kappa shape index (κ1) is 31.8. The third kappa shape index (κ3) is 9.67. The van der Waals surface area contributed by atoms with Crippen molar-refractivity contribution in [3.63, 3.8) is 0 Å². The molecule has 0 heterocycles. The van der Waals surface area contributed by atoms with Crippen LogP contribution in [0.5, 0.6) is 0 Å². The Hall–Kier alpha value is -0.240. The van der Waals surface area contributed by atoms with E-state index in [2.05, 4.69) is 55.4 Å². The van der Waals surface area contributed by atoms with E-state index in [1.54, 1.807) is 0 Å². The van der Waals surface area contributed by atoms with Crippen molar-refractivity contribution in [2.45, 2.75) is 137 Å². The third-order valence-corrected chi connectivity index (χ3v) is 8.71. The minimum atomic E-state index is -0.178. The lowest BCUT2D eigenvalue weighted by molar-refractivity contribution is -0.0321. The Bertz CT molecular complexity index is 553. The average molecular weight is 486 g/mol. The zero-order valence-electron chi connectivity index (χ0n) is 23.5. The summed E-state index contributed by atoms with van der Waals surface area (Å²) in [7, 11) is 0. The lowest BCUT2D eigenvalue weighted by Gasteiger charge is -2.42. The fourth-order valence-corrected chi connectivity index (χ4v) is 6.40. The molecule has 204 valence electrons. The van der Waals surface area contributed by atoms with E-state index in [0.29, 0.717) is 41.5 Å². The zero-order chi connectivity index (χ0) is 26.4. The third-order valence-electron chi connectivity index (χ3n) is 8.71. The van der Waals surface area contributed by atoms with Crippen molar-refractivity contribution < 1.29 is 15.3 Å². The van der Waals surface area contributed by atoms with Gasteiger partial charge >= 0.3 is 0 Å². The highest BCUT2D eigenvalue weighted by Crippen LogP contribution is 2.38. The Morgan fingerprint density at radius 2 is 1.15 bits per heavy atom. The summed E-state index contributed by atoms with van der Waals surface area (Å²) in [6.45, 7) is 17.1. The summed E-state index contributed by atoms with van der Waals surface area (Å²) in [5.74, 6) is 2.63. The zero-order valence-corrected chi connectivity index (χ0v) is 23.5. The van der Waals surface area contributed by atoms with Gasteiger partial charge in [0.05, 0.1) is 18.3 Å². The highest BCUT2D eigenvalue weighted by atomic mass is 16.3. The van der Waals surface area contributed by atoms with Crippen molar-refractivity contribution in [1.29, 1.82) is 0 Å². The second-order valence-electron chi connectivity index (χ2n) is 13.3. The highest BCUT2D eigenvalue weighted by molar-refractivity contribution is 4.92. The second kappa shape index (κ2) is 13.9. The Morgan fingerprint density at radius 3 is 1.53 bits per heavy atom. The molecule has 6 heteroatoms. The minimum Gasteiger partial charge on any atom is -0.393 e. The fraction of sp³-hybridized carbons (Fsp3) is 1.00. The van der Waals surface area contributed by atoms with Crippen LogP contribution in [-0.4, -0.2) is 51.8 Å². The van der Waals surface area contributed by atoms with Crippen LogP contribution in [0.1, 0.15) is 100 Å². The van der Waals surface area contributed by atoms with E-state index in [0.717, 1.165) is 44.9 Å². The standard InChI is InChI=1S/C12H25NO.C9H19NO.C7H15NO/c1-7(2)10-5-9(13)6-11(8(3)4)12(10)14;1-6-4-7(10)5-9(2,3)8(6)11;1-5-4-6(8)2-3-7(5)9/h7-12,14H,5-6,13H2,1-4H3;6-8,11H,4-5,10H2,1-3H3;5-7,9H,2-4,8H2,1H3. The molecule has 8 unspecified atom stereocenters. The van der Waals surface area contributed by atoms with Crippen LogP contribution in [0.4, 0.5) is 0 Å². The topological polar surface area (TPSA) is 139 Å². The Labute approximate surface area is 210 Å². The molecule has 0 amide bonds. The van der Waals surface area contributed by atoms with Gasteiger partial charge in [0.25, 0.3) is 0 Å². The molecular formula is C28H59N3O3. The van der Waals surface area contributed by atoms with E-state index in [1.807, 2.05) is 0 Å². The maximum atomic E-state index is 10.2. The molecule has 3 saturated carbocycles. The van der Waals surface area contributed by atoms with Crippen LogP contribution in [0.15, 0.2) is 0 Å².